The van der Waals surface area contributed by atoms with Crippen molar-refractivity contribution in [2.24, 2.45) is 50.3 Å². The van der Waals surface area contributed by atoms with Crippen LogP contribution >= 0.6 is 0 Å². The normalized spacial score (nSPS) is 14.1. The predicted molar refractivity (Wildman–Crippen MR) is 200 cm³/mol. The van der Waals surface area contributed by atoms with Crippen molar-refractivity contribution in [3.8, 4) is 0 Å². The van der Waals surface area contributed by atoms with E-state index in [2.05, 4.69) is 36.6 Å². The van der Waals surface area contributed by atoms with Crippen LogP contribution in [0.25, 0.3) is 0 Å². The number of rotatable bonds is 28. The highest BCUT2D eigenvalue weighted by molar-refractivity contribution is 5.97. The first-order chi connectivity index (χ1) is 25.9. The minimum absolute atomic E-state index is 0.0387. The Morgan fingerprint density at radius 3 is 1.49 bits per heavy atom. The zero-order chi connectivity index (χ0) is 42.1. The van der Waals surface area contributed by atoms with Crippen LogP contribution in [0.1, 0.15) is 58.8 Å². The largest absolute Gasteiger partial charge is 0.480 e. The molecule has 0 unspecified atom stereocenters. The Bertz CT molecular complexity index is 1320. The molecule has 314 valence electrons. The fourth-order valence-electron chi connectivity index (χ4n) is 4.73. The number of carbonyl (C=O) groups is 7. The fraction of sp³-hybridized carbons (Fsp3) is 0.710. The number of carboxylic acid groups (broad SMARTS) is 1. The highest BCUT2D eigenvalue weighted by atomic mass is 16.4. The molecule has 0 saturated heterocycles. The number of aliphatic hydroxyl groups excluding tert-OH is 2. The Balaban J connectivity index is 6.10. The number of unbranched alkanes of at least 4 members (excludes halogenated alkanes) is 1. The van der Waals surface area contributed by atoms with Crippen molar-refractivity contribution in [2.45, 2.75) is 95.0 Å². The summed E-state index contributed by atoms with van der Waals surface area (Å²) in [5, 5.41) is 42.6. The number of hydrogen-bond donors (Lipinski definition) is 15. The van der Waals surface area contributed by atoms with Gasteiger partial charge in [-0.3, -0.25) is 43.5 Å². The minimum Gasteiger partial charge on any atom is -0.480 e. The molecule has 0 saturated carbocycles. The number of nitrogens with one attached hydrogen (secondary N) is 6. The van der Waals surface area contributed by atoms with E-state index in [1.807, 2.05) is 5.32 Å². The molecule has 0 aromatic rings. The van der Waals surface area contributed by atoms with Crippen LogP contribution in [0.15, 0.2) is 9.98 Å². The van der Waals surface area contributed by atoms with Crippen molar-refractivity contribution < 1.29 is 48.9 Å². The van der Waals surface area contributed by atoms with Crippen molar-refractivity contribution in [2.75, 3.05) is 39.4 Å². The van der Waals surface area contributed by atoms with Crippen LogP contribution in [0.5, 0.6) is 0 Å². The van der Waals surface area contributed by atoms with Crippen molar-refractivity contribution in [3.05, 3.63) is 0 Å². The van der Waals surface area contributed by atoms with Gasteiger partial charge in [0, 0.05) is 13.1 Å². The average Bonchev–Trinajstić information content (AvgIpc) is 3.12. The maximum Gasteiger partial charge on any atom is 0.322 e. The molecule has 6 atom stereocenters. The standard InChI is InChI=1S/C31H60N14O10/c1-16(2)23(29(55)44-20(14-46)25(51)40-13-22(48)49)45-27(53)19(9-6-12-39-31(36)37)41-26(52)18(8-3-4-10-32)42-28(54)21(15-47)43-24(50)17(33)7-5-11-38-30(34)35/h16-21,23,46-47H,3-15,32-33H2,1-2H3,(H,40,51)(H,41,52)(H,42,54)(H,43,50)(H,44,55)(H,45,53)(H,48,49)(H4,34,35,38)(H4,36,37,39)/t17-,18-,19-,20-,21-,23-/m0/s1. The molecule has 0 fully saturated rings. The van der Waals surface area contributed by atoms with Gasteiger partial charge in [0.2, 0.25) is 35.4 Å². The third-order valence-electron chi connectivity index (χ3n) is 7.75. The molecule has 0 rings (SSSR count). The fourth-order valence-corrected chi connectivity index (χ4v) is 4.73. The van der Waals surface area contributed by atoms with E-state index in [4.69, 9.17) is 39.5 Å². The molecule has 0 aliphatic heterocycles. The SMILES string of the molecule is CC(C)[C@H](NC(=O)[C@H](CCCN=C(N)N)NC(=O)[C@H](CCCCN)NC(=O)[C@H](CO)NC(=O)[C@@H](N)CCCN=C(N)N)C(=O)N[C@@H](CO)C(=O)NCC(=O)O. The van der Waals surface area contributed by atoms with Crippen LogP contribution in [0.4, 0.5) is 0 Å². The maximum atomic E-state index is 13.7. The van der Waals surface area contributed by atoms with Gasteiger partial charge >= 0.3 is 5.97 Å². The number of aliphatic hydroxyl groups is 2. The highest BCUT2D eigenvalue weighted by Gasteiger charge is 2.33. The molecule has 21 N–H and O–H groups in total. The summed E-state index contributed by atoms with van der Waals surface area (Å²) in [5.41, 5.74) is 32.9. The molecule has 55 heavy (non-hydrogen) atoms. The molecular formula is C31H60N14O10. The van der Waals surface area contributed by atoms with Crippen molar-refractivity contribution >= 4 is 53.3 Å². The number of guanidine groups is 2. The van der Waals surface area contributed by atoms with Crippen LogP contribution in [-0.2, 0) is 33.6 Å². The Morgan fingerprint density at radius 1 is 0.582 bits per heavy atom. The quantitative estimate of drug-likeness (QED) is 0.0199. The molecule has 24 heteroatoms. The Kier molecular flexibility index (Phi) is 24.6. The van der Waals surface area contributed by atoms with Crippen LogP contribution < -0.4 is 66.3 Å². The molecule has 0 aliphatic rings. The van der Waals surface area contributed by atoms with E-state index in [9.17, 15) is 43.8 Å². The van der Waals surface area contributed by atoms with Crippen LogP contribution in [0, 0.1) is 5.92 Å². The summed E-state index contributed by atoms with van der Waals surface area (Å²) in [4.78, 5) is 97.2. The third kappa shape index (κ3) is 21.2. The number of carbonyl (C=O) groups excluding carboxylic acids is 6. The lowest BCUT2D eigenvalue weighted by atomic mass is 10.0. The molecule has 24 nitrogen and oxygen atoms in total. The number of aliphatic carboxylic acids is 1. The average molecular weight is 789 g/mol. The molecule has 0 spiro atoms. The number of nitrogens with two attached hydrogens (primary N) is 6. The molecule has 6 amide bonds. The van der Waals surface area contributed by atoms with E-state index >= 15 is 0 Å². The van der Waals surface area contributed by atoms with Gasteiger partial charge in [-0.25, -0.2) is 0 Å². The first-order valence-corrected chi connectivity index (χ1v) is 17.7. The van der Waals surface area contributed by atoms with Crippen LogP contribution in [0.3, 0.4) is 0 Å². The lowest BCUT2D eigenvalue weighted by Gasteiger charge is -2.28. The Morgan fingerprint density at radius 2 is 1.02 bits per heavy atom. The van der Waals surface area contributed by atoms with Gasteiger partial charge in [0.1, 0.15) is 36.8 Å². The van der Waals surface area contributed by atoms with E-state index in [-0.39, 0.29) is 57.2 Å². The van der Waals surface area contributed by atoms with Crippen molar-refractivity contribution in [1.82, 2.24) is 31.9 Å². The number of carboxylic acids is 1. The number of amides is 6. The van der Waals surface area contributed by atoms with E-state index in [0.29, 0.717) is 19.3 Å². The minimum atomic E-state index is -1.54. The second-order valence-electron chi connectivity index (χ2n) is 12.7. The van der Waals surface area contributed by atoms with Gasteiger partial charge in [0.15, 0.2) is 11.9 Å². The van der Waals surface area contributed by atoms with Crippen LogP contribution in [0.2, 0.25) is 0 Å². The summed E-state index contributed by atoms with van der Waals surface area (Å²) in [6.07, 6.45) is 1.47. The van der Waals surface area contributed by atoms with Gasteiger partial charge in [-0.1, -0.05) is 13.8 Å². The zero-order valence-electron chi connectivity index (χ0n) is 31.3. The summed E-state index contributed by atoms with van der Waals surface area (Å²) in [7, 11) is 0. The van der Waals surface area contributed by atoms with Gasteiger partial charge in [0.05, 0.1) is 19.3 Å². The molecule has 0 radical (unpaired) electrons. The van der Waals surface area contributed by atoms with Gasteiger partial charge in [0.25, 0.3) is 0 Å². The summed E-state index contributed by atoms with van der Waals surface area (Å²) in [5.74, 6) is -7.51. The van der Waals surface area contributed by atoms with E-state index in [0.717, 1.165) is 0 Å². The first-order valence-electron chi connectivity index (χ1n) is 17.7. The molecule has 0 heterocycles. The van der Waals surface area contributed by atoms with E-state index in [1.165, 1.54) is 0 Å². The summed E-state index contributed by atoms with van der Waals surface area (Å²) in [6.45, 7) is 1.20. The van der Waals surface area contributed by atoms with Crippen LogP contribution in [-0.4, -0.2) is 144 Å². The van der Waals surface area contributed by atoms with Gasteiger partial charge in [-0.2, -0.15) is 0 Å². The molecule has 0 aliphatic carbocycles. The molecule has 0 aromatic carbocycles. The topological polar surface area (TPSA) is 433 Å². The number of hydrogen-bond acceptors (Lipinski definition) is 13. The van der Waals surface area contributed by atoms with E-state index < -0.39 is 103 Å². The van der Waals surface area contributed by atoms with Crippen molar-refractivity contribution in [1.29, 1.82) is 0 Å². The molecule has 0 aromatic heterocycles. The van der Waals surface area contributed by atoms with Gasteiger partial charge in [-0.15, -0.1) is 0 Å². The first kappa shape index (κ1) is 49.7. The lowest BCUT2D eigenvalue weighted by molar-refractivity contribution is -0.139. The van der Waals surface area contributed by atoms with E-state index in [1.54, 1.807) is 13.8 Å². The second kappa shape index (κ2) is 27.3. The highest BCUT2D eigenvalue weighted by Crippen LogP contribution is 2.08. The van der Waals surface area contributed by atoms with Crippen molar-refractivity contribution in [3.63, 3.8) is 0 Å². The third-order valence-corrected chi connectivity index (χ3v) is 7.75. The maximum absolute atomic E-state index is 13.7. The zero-order valence-corrected chi connectivity index (χ0v) is 31.3. The van der Waals surface area contributed by atoms with Gasteiger partial charge < -0.3 is 81.6 Å². The monoisotopic (exact) mass is 788 g/mol. The summed E-state index contributed by atoms with van der Waals surface area (Å²) in [6, 6.07) is -8.04. The Labute approximate surface area is 318 Å². The number of aliphatic imine (C=N–C) groups is 2. The number of nitrogens with zero attached hydrogens (tertiary/aromatic N) is 2. The lowest BCUT2D eigenvalue weighted by Crippen LogP contribution is -2.61. The second-order valence-corrected chi connectivity index (χ2v) is 12.7. The molecule has 0 bridgehead atoms. The Hall–Kier alpha value is -5.33. The smallest absolute Gasteiger partial charge is 0.322 e. The van der Waals surface area contributed by atoms with Gasteiger partial charge in [-0.05, 0) is 57.4 Å². The summed E-state index contributed by atoms with van der Waals surface area (Å²) < 4.78 is 0. The molecular weight excluding hydrogens is 728 g/mol. The summed E-state index contributed by atoms with van der Waals surface area (Å²) >= 11 is 0. The predicted octanol–water partition coefficient (Wildman–Crippen LogP) is -7.18.